The van der Waals surface area contributed by atoms with E-state index in [-0.39, 0.29) is 17.6 Å². The largest absolute Gasteiger partial charge is 0.469 e. The summed E-state index contributed by atoms with van der Waals surface area (Å²) in [5, 5.41) is 0. The predicted octanol–water partition coefficient (Wildman–Crippen LogP) is 3.19. The molecule has 0 heterocycles. The van der Waals surface area contributed by atoms with E-state index >= 15 is 0 Å². The van der Waals surface area contributed by atoms with Gasteiger partial charge in [-0.25, -0.2) is 0 Å². The molecule has 0 saturated heterocycles. The fraction of sp³-hybridized carbons (Fsp3) is 0.417. The lowest BCUT2D eigenvalue weighted by Gasteiger charge is -2.12. The van der Waals surface area contributed by atoms with Crippen LogP contribution in [0.3, 0.4) is 0 Å². The Morgan fingerprint density at radius 1 is 1.47 bits per heavy atom. The number of nitrogen functional groups attached to an aromatic ring is 1. The van der Waals surface area contributed by atoms with E-state index in [0.29, 0.717) is 10.6 Å². The Balaban J connectivity index is 2.73. The first-order valence-corrected chi connectivity index (χ1v) is 6.41. The van der Waals surface area contributed by atoms with Gasteiger partial charge in [-0.3, -0.25) is 4.79 Å². The van der Waals surface area contributed by atoms with Gasteiger partial charge in [0.15, 0.2) is 0 Å². The van der Waals surface area contributed by atoms with Crippen LogP contribution in [0.15, 0.2) is 23.1 Å². The predicted molar refractivity (Wildman–Crippen MR) is 67.8 cm³/mol. The highest BCUT2D eigenvalue weighted by molar-refractivity contribution is 7.99. The highest BCUT2D eigenvalue weighted by atomic mass is 32.2. The van der Waals surface area contributed by atoms with Gasteiger partial charge in [0, 0.05) is 16.3 Å². The Bertz CT molecular complexity index is 463. The maximum atomic E-state index is 12.4. The lowest BCUT2D eigenvalue weighted by atomic mass is 10.2. The van der Waals surface area contributed by atoms with Crippen LogP contribution in [0.25, 0.3) is 0 Å². The lowest BCUT2D eigenvalue weighted by Crippen LogP contribution is -2.14. The number of alkyl halides is 3. The molecule has 0 amide bonds. The van der Waals surface area contributed by atoms with Gasteiger partial charge < -0.3 is 10.5 Å². The van der Waals surface area contributed by atoms with Crippen LogP contribution in [0.1, 0.15) is 12.5 Å². The minimum Gasteiger partial charge on any atom is -0.469 e. The van der Waals surface area contributed by atoms with Crippen LogP contribution in [0.2, 0.25) is 0 Å². The van der Waals surface area contributed by atoms with Gasteiger partial charge in [-0.2, -0.15) is 13.2 Å². The van der Waals surface area contributed by atoms with E-state index < -0.39 is 11.7 Å². The summed E-state index contributed by atoms with van der Waals surface area (Å²) in [5.74, 6) is -0.322. The topological polar surface area (TPSA) is 52.3 Å². The second kappa shape index (κ2) is 6.18. The molecule has 7 heteroatoms. The van der Waals surface area contributed by atoms with Crippen molar-refractivity contribution < 1.29 is 22.7 Å². The van der Waals surface area contributed by atoms with Gasteiger partial charge in [-0.05, 0) is 18.2 Å². The maximum absolute atomic E-state index is 12.4. The highest BCUT2D eigenvalue weighted by Gasteiger charge is 2.30. The molecule has 1 rings (SSSR count). The number of nitrogens with two attached hydrogens (primary N) is 1. The van der Waals surface area contributed by atoms with Gasteiger partial charge in [0.25, 0.3) is 0 Å². The molecule has 3 nitrogen and oxygen atoms in total. The second-order valence-electron chi connectivity index (χ2n) is 3.99. The van der Waals surface area contributed by atoms with Crippen molar-refractivity contribution in [2.45, 2.75) is 18.0 Å². The van der Waals surface area contributed by atoms with Crippen LogP contribution in [0.5, 0.6) is 0 Å². The molecule has 106 valence electrons. The zero-order valence-corrected chi connectivity index (χ0v) is 11.3. The van der Waals surface area contributed by atoms with Gasteiger partial charge >= 0.3 is 12.1 Å². The SMILES string of the molecule is COC(=O)C(C)CSc1ccc(C(F)(F)F)cc1N. The Morgan fingerprint density at radius 3 is 2.58 bits per heavy atom. The molecule has 1 aromatic carbocycles. The number of methoxy groups -OCH3 is 1. The molecule has 1 atom stereocenters. The number of carbonyl (C=O) groups excluding carboxylic acids is 1. The Hall–Kier alpha value is -1.37. The van der Waals surface area contributed by atoms with Crippen molar-refractivity contribution in [3.05, 3.63) is 23.8 Å². The summed E-state index contributed by atoms with van der Waals surface area (Å²) in [4.78, 5) is 11.7. The average Bonchev–Trinajstić information content (AvgIpc) is 2.34. The van der Waals surface area contributed by atoms with E-state index in [0.717, 1.165) is 12.1 Å². The minimum absolute atomic E-state index is 0.0527. The summed E-state index contributed by atoms with van der Waals surface area (Å²) in [5.41, 5.74) is 4.85. The number of hydrogen-bond acceptors (Lipinski definition) is 4. The lowest BCUT2D eigenvalue weighted by molar-refractivity contribution is -0.144. The van der Waals surface area contributed by atoms with Crippen molar-refractivity contribution in [3.63, 3.8) is 0 Å². The fourth-order valence-electron chi connectivity index (χ4n) is 1.34. The number of anilines is 1. The van der Waals surface area contributed by atoms with E-state index in [2.05, 4.69) is 4.74 Å². The van der Waals surface area contributed by atoms with Crippen molar-refractivity contribution in [3.8, 4) is 0 Å². The first-order valence-electron chi connectivity index (χ1n) is 5.43. The van der Waals surface area contributed by atoms with E-state index in [1.807, 2.05) is 0 Å². The number of rotatable bonds is 4. The summed E-state index contributed by atoms with van der Waals surface area (Å²) >= 11 is 1.22. The molecule has 1 unspecified atom stereocenters. The fourth-order valence-corrected chi connectivity index (χ4v) is 2.30. The van der Waals surface area contributed by atoms with E-state index in [1.165, 1.54) is 24.9 Å². The van der Waals surface area contributed by atoms with E-state index in [1.54, 1.807) is 6.92 Å². The van der Waals surface area contributed by atoms with Crippen LogP contribution in [0.4, 0.5) is 18.9 Å². The Labute approximate surface area is 113 Å². The number of benzene rings is 1. The number of thioether (sulfide) groups is 1. The Kier molecular flexibility index (Phi) is 5.11. The third-order valence-electron chi connectivity index (χ3n) is 2.43. The van der Waals surface area contributed by atoms with Gasteiger partial charge in [0.2, 0.25) is 0 Å². The third-order valence-corrected chi connectivity index (χ3v) is 3.78. The standard InChI is InChI=1S/C12H14F3NO2S/c1-7(11(17)18-2)6-19-10-4-3-8(5-9(10)16)12(13,14)15/h3-5,7H,6,16H2,1-2H3. The summed E-state index contributed by atoms with van der Waals surface area (Å²) in [6.45, 7) is 1.68. The number of hydrogen-bond donors (Lipinski definition) is 1. The zero-order valence-electron chi connectivity index (χ0n) is 10.5. The van der Waals surface area contributed by atoms with Gasteiger partial charge in [0.05, 0.1) is 18.6 Å². The molecule has 0 bridgehead atoms. The molecule has 0 fully saturated rings. The average molecular weight is 293 g/mol. The minimum atomic E-state index is -4.41. The monoisotopic (exact) mass is 293 g/mol. The summed E-state index contributed by atoms with van der Waals surface area (Å²) in [6.07, 6.45) is -4.41. The van der Waals surface area contributed by atoms with Crippen LogP contribution >= 0.6 is 11.8 Å². The van der Waals surface area contributed by atoms with Crippen LogP contribution < -0.4 is 5.73 Å². The summed E-state index contributed by atoms with van der Waals surface area (Å²) in [7, 11) is 1.29. The molecule has 0 aliphatic rings. The van der Waals surface area contributed by atoms with E-state index in [9.17, 15) is 18.0 Å². The van der Waals surface area contributed by atoms with Crippen molar-refractivity contribution in [2.75, 3.05) is 18.6 Å². The number of ether oxygens (including phenoxy) is 1. The van der Waals surface area contributed by atoms with E-state index in [4.69, 9.17) is 5.73 Å². The van der Waals surface area contributed by atoms with Crippen molar-refractivity contribution in [1.82, 2.24) is 0 Å². The number of halogens is 3. The smallest absolute Gasteiger partial charge is 0.416 e. The van der Waals surface area contributed by atoms with Gasteiger partial charge in [0.1, 0.15) is 0 Å². The molecule has 2 N–H and O–H groups in total. The van der Waals surface area contributed by atoms with Gasteiger partial charge in [-0.1, -0.05) is 6.92 Å². The quantitative estimate of drug-likeness (QED) is 0.526. The summed E-state index contributed by atoms with van der Waals surface area (Å²) in [6, 6.07) is 3.18. The molecular formula is C12H14F3NO2S. The van der Waals surface area contributed by atoms with Crippen LogP contribution in [-0.2, 0) is 15.7 Å². The number of esters is 1. The number of carbonyl (C=O) groups is 1. The Morgan fingerprint density at radius 2 is 2.11 bits per heavy atom. The molecule has 0 saturated carbocycles. The highest BCUT2D eigenvalue weighted by Crippen LogP contribution is 2.34. The molecule has 0 aliphatic carbocycles. The van der Waals surface area contributed by atoms with Crippen molar-refractivity contribution >= 4 is 23.4 Å². The molecule has 19 heavy (non-hydrogen) atoms. The zero-order chi connectivity index (χ0) is 14.6. The molecule has 1 aromatic rings. The third kappa shape index (κ3) is 4.34. The van der Waals surface area contributed by atoms with Gasteiger partial charge in [-0.15, -0.1) is 11.8 Å². The molecule has 0 aromatic heterocycles. The first kappa shape index (κ1) is 15.7. The molecule has 0 spiro atoms. The van der Waals surface area contributed by atoms with Crippen LogP contribution in [0, 0.1) is 5.92 Å². The van der Waals surface area contributed by atoms with Crippen molar-refractivity contribution in [2.24, 2.45) is 5.92 Å². The molecular weight excluding hydrogens is 279 g/mol. The second-order valence-corrected chi connectivity index (χ2v) is 5.05. The first-order chi connectivity index (χ1) is 8.75. The van der Waals surface area contributed by atoms with Crippen molar-refractivity contribution in [1.29, 1.82) is 0 Å². The molecule has 0 radical (unpaired) electrons. The normalized spacial score (nSPS) is 13.1. The molecule has 0 aliphatic heterocycles. The maximum Gasteiger partial charge on any atom is 0.416 e. The van der Waals surface area contributed by atoms with Crippen LogP contribution in [-0.4, -0.2) is 18.8 Å². The summed E-state index contributed by atoms with van der Waals surface area (Å²) < 4.78 is 41.9.